The summed E-state index contributed by atoms with van der Waals surface area (Å²) in [5.41, 5.74) is -0.504. The Morgan fingerprint density at radius 2 is 2.23 bits per heavy atom. The Balaban J connectivity index is 2.26. The highest BCUT2D eigenvalue weighted by molar-refractivity contribution is 7.99. The van der Waals surface area contributed by atoms with E-state index < -0.39 is 16.6 Å². The molecule has 0 heterocycles. The van der Waals surface area contributed by atoms with E-state index in [1.54, 1.807) is 11.8 Å². The first-order valence-electron chi connectivity index (χ1n) is 7.31. The summed E-state index contributed by atoms with van der Waals surface area (Å²) in [6.45, 7) is 3.45. The zero-order valence-electron chi connectivity index (χ0n) is 12.6. The van der Waals surface area contributed by atoms with Crippen molar-refractivity contribution >= 4 is 23.4 Å². The van der Waals surface area contributed by atoms with E-state index in [-0.39, 0.29) is 22.9 Å². The summed E-state index contributed by atoms with van der Waals surface area (Å²) in [5.74, 6) is -0.213. The van der Waals surface area contributed by atoms with E-state index in [9.17, 15) is 19.3 Å². The molecular weight excluding hydrogens is 307 g/mol. The van der Waals surface area contributed by atoms with Crippen molar-refractivity contribution in [3.63, 3.8) is 0 Å². The fraction of sp³-hybridized carbons (Fsp3) is 0.533. The van der Waals surface area contributed by atoms with Gasteiger partial charge in [-0.2, -0.15) is 11.8 Å². The van der Waals surface area contributed by atoms with Crippen LogP contribution in [0.15, 0.2) is 12.1 Å². The number of carbonyl (C=O) groups is 1. The van der Waals surface area contributed by atoms with Crippen LogP contribution in [0.25, 0.3) is 0 Å². The zero-order valence-corrected chi connectivity index (χ0v) is 13.4. The molecule has 0 saturated heterocycles. The SMILES string of the molecule is CCSC1CCCC1NC(=O)c1c([N+](=O)[O-])ccc(F)c1C. The van der Waals surface area contributed by atoms with Crippen LogP contribution < -0.4 is 5.32 Å². The summed E-state index contributed by atoms with van der Waals surface area (Å²) in [4.78, 5) is 22.9. The highest BCUT2D eigenvalue weighted by atomic mass is 32.2. The maximum Gasteiger partial charge on any atom is 0.282 e. The molecule has 120 valence electrons. The van der Waals surface area contributed by atoms with Crippen molar-refractivity contribution in [2.75, 3.05) is 5.75 Å². The molecule has 0 aromatic heterocycles. The highest BCUT2D eigenvalue weighted by Gasteiger charge is 2.31. The zero-order chi connectivity index (χ0) is 16.3. The third-order valence-corrected chi connectivity index (χ3v) is 5.28. The van der Waals surface area contributed by atoms with Crippen molar-refractivity contribution in [3.05, 3.63) is 39.2 Å². The number of hydrogen-bond donors (Lipinski definition) is 1. The van der Waals surface area contributed by atoms with Crippen LogP contribution in [0.1, 0.15) is 42.1 Å². The third kappa shape index (κ3) is 3.40. The van der Waals surface area contributed by atoms with Crippen LogP contribution in [0.4, 0.5) is 10.1 Å². The van der Waals surface area contributed by atoms with E-state index in [1.165, 1.54) is 6.92 Å². The predicted octanol–water partition coefficient (Wildman–Crippen LogP) is 3.45. The summed E-state index contributed by atoms with van der Waals surface area (Å²) in [7, 11) is 0. The molecule has 0 radical (unpaired) electrons. The Bertz CT molecular complexity index is 594. The monoisotopic (exact) mass is 326 g/mol. The van der Waals surface area contributed by atoms with Gasteiger partial charge in [0, 0.05) is 22.9 Å². The number of nitro benzene ring substituents is 1. The number of thioether (sulfide) groups is 1. The smallest absolute Gasteiger partial charge is 0.282 e. The molecule has 1 aromatic rings. The molecule has 7 heteroatoms. The molecule has 1 aromatic carbocycles. The third-order valence-electron chi connectivity index (χ3n) is 3.95. The minimum atomic E-state index is -0.645. The van der Waals surface area contributed by atoms with Gasteiger partial charge in [-0.15, -0.1) is 0 Å². The van der Waals surface area contributed by atoms with E-state index in [4.69, 9.17) is 0 Å². The van der Waals surface area contributed by atoms with Gasteiger partial charge in [0.05, 0.1) is 4.92 Å². The number of nitro groups is 1. The van der Waals surface area contributed by atoms with Crippen LogP contribution >= 0.6 is 11.8 Å². The van der Waals surface area contributed by atoms with Gasteiger partial charge in [-0.25, -0.2) is 4.39 Å². The molecule has 5 nitrogen and oxygen atoms in total. The molecule has 0 spiro atoms. The number of nitrogens with one attached hydrogen (secondary N) is 1. The molecule has 1 amide bonds. The molecule has 2 atom stereocenters. The maximum atomic E-state index is 13.7. The number of carbonyl (C=O) groups excluding carboxylic acids is 1. The molecule has 2 unspecified atom stereocenters. The van der Waals surface area contributed by atoms with Crippen LogP contribution in [0, 0.1) is 22.9 Å². The van der Waals surface area contributed by atoms with E-state index in [0.717, 1.165) is 37.1 Å². The molecule has 22 heavy (non-hydrogen) atoms. The number of rotatable bonds is 5. The van der Waals surface area contributed by atoms with Crippen molar-refractivity contribution in [3.8, 4) is 0 Å². The van der Waals surface area contributed by atoms with Gasteiger partial charge < -0.3 is 5.32 Å². The van der Waals surface area contributed by atoms with Crippen LogP contribution in [-0.4, -0.2) is 27.9 Å². The first kappa shape index (κ1) is 16.7. The summed E-state index contributed by atoms with van der Waals surface area (Å²) in [6, 6.07) is 2.06. The highest BCUT2D eigenvalue weighted by Crippen LogP contribution is 2.31. The molecule has 1 N–H and O–H groups in total. The summed E-state index contributed by atoms with van der Waals surface area (Å²) in [5, 5.41) is 14.3. The number of benzene rings is 1. The van der Waals surface area contributed by atoms with E-state index in [0.29, 0.717) is 5.25 Å². The van der Waals surface area contributed by atoms with Gasteiger partial charge in [-0.3, -0.25) is 14.9 Å². The van der Waals surface area contributed by atoms with Gasteiger partial charge in [0.15, 0.2) is 0 Å². The second-order valence-corrected chi connectivity index (χ2v) is 6.84. The number of nitrogens with zero attached hydrogens (tertiary/aromatic N) is 1. The first-order chi connectivity index (χ1) is 10.5. The Morgan fingerprint density at radius 1 is 1.50 bits per heavy atom. The van der Waals surface area contributed by atoms with Crippen molar-refractivity contribution in [2.24, 2.45) is 0 Å². The lowest BCUT2D eigenvalue weighted by Gasteiger charge is -2.20. The fourth-order valence-corrected chi connectivity index (χ4v) is 4.05. The van der Waals surface area contributed by atoms with Crippen LogP contribution in [-0.2, 0) is 0 Å². The Morgan fingerprint density at radius 3 is 2.86 bits per heavy atom. The second-order valence-electron chi connectivity index (χ2n) is 5.33. The van der Waals surface area contributed by atoms with Gasteiger partial charge in [0.25, 0.3) is 11.6 Å². The van der Waals surface area contributed by atoms with Crippen LogP contribution in [0.5, 0.6) is 0 Å². The predicted molar refractivity (Wildman–Crippen MR) is 84.8 cm³/mol. The lowest BCUT2D eigenvalue weighted by molar-refractivity contribution is -0.385. The Labute approximate surface area is 132 Å². The molecular formula is C15H19FN2O3S. The van der Waals surface area contributed by atoms with Gasteiger partial charge >= 0.3 is 0 Å². The van der Waals surface area contributed by atoms with Gasteiger partial charge in [0.1, 0.15) is 11.4 Å². The summed E-state index contributed by atoms with van der Waals surface area (Å²) in [6.07, 6.45) is 2.89. The average molecular weight is 326 g/mol. The van der Waals surface area contributed by atoms with Crippen molar-refractivity contribution in [2.45, 2.75) is 44.4 Å². The van der Waals surface area contributed by atoms with Gasteiger partial charge in [0.2, 0.25) is 0 Å². The summed E-state index contributed by atoms with van der Waals surface area (Å²) < 4.78 is 13.7. The molecule has 1 aliphatic carbocycles. The number of halogens is 1. The van der Waals surface area contributed by atoms with E-state index in [1.807, 2.05) is 0 Å². The Kier molecular flexibility index (Phi) is 5.39. The van der Waals surface area contributed by atoms with Crippen molar-refractivity contribution < 1.29 is 14.1 Å². The van der Waals surface area contributed by atoms with Crippen molar-refractivity contribution in [1.82, 2.24) is 5.32 Å². The molecule has 1 fully saturated rings. The Hall–Kier alpha value is -1.63. The number of hydrogen-bond acceptors (Lipinski definition) is 4. The van der Waals surface area contributed by atoms with Gasteiger partial charge in [-0.1, -0.05) is 13.3 Å². The minimum Gasteiger partial charge on any atom is -0.348 e. The van der Waals surface area contributed by atoms with E-state index >= 15 is 0 Å². The van der Waals surface area contributed by atoms with Crippen molar-refractivity contribution in [1.29, 1.82) is 0 Å². The fourth-order valence-electron chi connectivity index (χ4n) is 2.86. The minimum absolute atomic E-state index is 0.0141. The normalized spacial score (nSPS) is 20.9. The molecule has 0 bridgehead atoms. The molecule has 0 aliphatic heterocycles. The molecule has 2 rings (SSSR count). The first-order valence-corrected chi connectivity index (χ1v) is 8.36. The second kappa shape index (κ2) is 7.09. The standard InChI is InChI=1S/C15H19FN2O3S/c1-3-22-13-6-4-5-11(13)17-15(19)14-9(2)10(16)7-8-12(14)18(20)21/h7-8,11,13H,3-6H2,1-2H3,(H,17,19). The quantitative estimate of drug-likeness (QED) is 0.664. The lowest BCUT2D eigenvalue weighted by Crippen LogP contribution is -2.39. The van der Waals surface area contributed by atoms with Crippen LogP contribution in [0.2, 0.25) is 0 Å². The largest absolute Gasteiger partial charge is 0.348 e. The van der Waals surface area contributed by atoms with Gasteiger partial charge in [-0.05, 0) is 31.6 Å². The van der Waals surface area contributed by atoms with E-state index in [2.05, 4.69) is 12.2 Å². The number of amides is 1. The summed E-state index contributed by atoms with van der Waals surface area (Å²) >= 11 is 1.78. The molecule has 1 aliphatic rings. The lowest BCUT2D eigenvalue weighted by atomic mass is 10.0. The maximum absolute atomic E-state index is 13.7. The average Bonchev–Trinajstić information content (AvgIpc) is 2.88. The topological polar surface area (TPSA) is 72.2 Å². The molecule has 1 saturated carbocycles. The van der Waals surface area contributed by atoms with Crippen LogP contribution in [0.3, 0.4) is 0 Å².